The number of carbonyl (C=O) groups is 1. The molecule has 0 aliphatic heterocycles. The molecule has 4 N–H and O–H groups in total. The van der Waals surface area contributed by atoms with E-state index in [-0.39, 0.29) is 12.1 Å². The Hall–Kier alpha value is -4.59. The number of hydrogen-bond acceptors (Lipinski definition) is 6. The number of imidazole rings is 1. The lowest BCUT2D eigenvalue weighted by Crippen LogP contribution is -2.22. The van der Waals surface area contributed by atoms with Gasteiger partial charge in [0.2, 0.25) is 0 Å². The maximum atomic E-state index is 12.6. The van der Waals surface area contributed by atoms with Crippen molar-refractivity contribution >= 4 is 27.8 Å². The van der Waals surface area contributed by atoms with Gasteiger partial charge in [-0.2, -0.15) is 0 Å². The second kappa shape index (κ2) is 10.4. The molecular weight excluding hydrogens is 480 g/mol. The molecule has 1 amide bonds. The SMILES string of the molecule is CCCCc1nc2c(C)nc3ccccc3c2n1Cc1cccc(CNC(=O)c2cc(O)c(O)c(O)c2)c1. The lowest BCUT2D eigenvalue weighted by Gasteiger charge is -2.13. The average molecular weight is 511 g/mol. The lowest BCUT2D eigenvalue weighted by molar-refractivity contribution is 0.0950. The molecule has 0 atom stereocenters. The van der Waals surface area contributed by atoms with Gasteiger partial charge >= 0.3 is 0 Å². The van der Waals surface area contributed by atoms with E-state index in [1.54, 1.807) is 0 Å². The van der Waals surface area contributed by atoms with Crippen molar-refractivity contribution < 1.29 is 20.1 Å². The van der Waals surface area contributed by atoms with Gasteiger partial charge in [0.15, 0.2) is 17.2 Å². The van der Waals surface area contributed by atoms with Gasteiger partial charge in [0.1, 0.15) is 11.3 Å². The van der Waals surface area contributed by atoms with Crippen LogP contribution < -0.4 is 5.32 Å². The van der Waals surface area contributed by atoms with Crippen molar-refractivity contribution in [3.8, 4) is 17.2 Å². The number of hydrogen-bond donors (Lipinski definition) is 4. The summed E-state index contributed by atoms with van der Waals surface area (Å²) in [6, 6.07) is 18.4. The Morgan fingerprint density at radius 3 is 2.45 bits per heavy atom. The number of pyridine rings is 1. The molecule has 38 heavy (non-hydrogen) atoms. The highest BCUT2D eigenvalue weighted by molar-refractivity contribution is 6.03. The first-order valence-corrected chi connectivity index (χ1v) is 12.7. The van der Waals surface area contributed by atoms with E-state index in [0.29, 0.717) is 6.54 Å². The molecule has 0 aliphatic carbocycles. The zero-order valence-electron chi connectivity index (χ0n) is 21.4. The number of nitrogens with one attached hydrogen (secondary N) is 1. The largest absolute Gasteiger partial charge is 0.504 e. The molecule has 5 rings (SSSR count). The van der Waals surface area contributed by atoms with Crippen LogP contribution in [0.4, 0.5) is 0 Å². The fourth-order valence-electron chi connectivity index (χ4n) is 4.77. The molecule has 0 saturated carbocycles. The Bertz CT molecular complexity index is 1630. The number of carbonyl (C=O) groups excluding carboxylic acids is 1. The number of amides is 1. The smallest absolute Gasteiger partial charge is 0.251 e. The van der Waals surface area contributed by atoms with E-state index in [1.807, 2.05) is 37.3 Å². The van der Waals surface area contributed by atoms with Crippen LogP contribution in [-0.4, -0.2) is 35.8 Å². The van der Waals surface area contributed by atoms with E-state index in [1.165, 1.54) is 0 Å². The third-order valence-electron chi connectivity index (χ3n) is 6.71. The number of phenolic OH excluding ortho intramolecular Hbond substituents is 3. The Kier molecular flexibility index (Phi) is 6.87. The van der Waals surface area contributed by atoms with Crippen LogP contribution >= 0.6 is 0 Å². The highest BCUT2D eigenvalue weighted by Crippen LogP contribution is 2.35. The first-order chi connectivity index (χ1) is 18.4. The third-order valence-corrected chi connectivity index (χ3v) is 6.71. The first-order valence-electron chi connectivity index (χ1n) is 12.7. The number of rotatable bonds is 8. The van der Waals surface area contributed by atoms with Crippen molar-refractivity contribution in [3.05, 3.63) is 88.9 Å². The number of para-hydroxylation sites is 1. The number of aromatic nitrogens is 3. The van der Waals surface area contributed by atoms with Crippen molar-refractivity contribution in [2.75, 3.05) is 0 Å². The molecule has 0 bridgehead atoms. The van der Waals surface area contributed by atoms with Gasteiger partial charge in [0.05, 0.1) is 16.7 Å². The van der Waals surface area contributed by atoms with Crippen LogP contribution in [-0.2, 0) is 19.5 Å². The van der Waals surface area contributed by atoms with Gasteiger partial charge in [0, 0.05) is 30.5 Å². The van der Waals surface area contributed by atoms with Crippen molar-refractivity contribution in [1.29, 1.82) is 0 Å². The minimum absolute atomic E-state index is 0.0512. The molecule has 0 unspecified atom stereocenters. The maximum absolute atomic E-state index is 12.6. The Balaban J connectivity index is 1.44. The van der Waals surface area contributed by atoms with Crippen LogP contribution in [0.3, 0.4) is 0 Å². The predicted molar refractivity (Wildman–Crippen MR) is 147 cm³/mol. The number of nitrogens with zero attached hydrogens (tertiary/aromatic N) is 3. The second-order valence-corrected chi connectivity index (χ2v) is 9.50. The monoisotopic (exact) mass is 510 g/mol. The maximum Gasteiger partial charge on any atom is 0.251 e. The normalized spacial score (nSPS) is 11.3. The van der Waals surface area contributed by atoms with E-state index < -0.39 is 23.2 Å². The lowest BCUT2D eigenvalue weighted by atomic mass is 10.1. The molecule has 0 fully saturated rings. The van der Waals surface area contributed by atoms with Crippen molar-refractivity contribution in [3.63, 3.8) is 0 Å². The molecule has 2 aromatic heterocycles. The minimum Gasteiger partial charge on any atom is -0.504 e. The molecule has 5 aromatic rings. The number of benzene rings is 3. The van der Waals surface area contributed by atoms with Crippen molar-refractivity contribution in [2.45, 2.75) is 46.2 Å². The molecule has 8 heteroatoms. The molecule has 0 spiro atoms. The van der Waals surface area contributed by atoms with Crippen molar-refractivity contribution in [2.24, 2.45) is 0 Å². The van der Waals surface area contributed by atoms with Gasteiger partial charge in [-0.15, -0.1) is 0 Å². The van der Waals surface area contributed by atoms with Crippen LogP contribution in [0.2, 0.25) is 0 Å². The summed E-state index contributed by atoms with van der Waals surface area (Å²) in [6.07, 6.45) is 3.00. The fraction of sp³-hybridized carbons (Fsp3) is 0.233. The average Bonchev–Trinajstić information content (AvgIpc) is 3.28. The molecule has 3 aromatic carbocycles. The number of phenols is 3. The number of fused-ring (bicyclic) bond motifs is 3. The molecule has 0 aliphatic rings. The highest BCUT2D eigenvalue weighted by atomic mass is 16.3. The van der Waals surface area contributed by atoms with Crippen LogP contribution in [0.1, 0.15) is 52.8 Å². The Morgan fingerprint density at radius 2 is 1.68 bits per heavy atom. The number of aromatic hydroxyl groups is 3. The topological polar surface area (TPSA) is 121 Å². The van der Waals surface area contributed by atoms with Crippen molar-refractivity contribution in [1.82, 2.24) is 19.9 Å². The summed E-state index contributed by atoms with van der Waals surface area (Å²) in [5.74, 6) is -1.20. The van der Waals surface area contributed by atoms with Gasteiger partial charge in [-0.3, -0.25) is 9.78 Å². The standard InChI is InChI=1S/C30H30N4O4/c1-3-4-12-26-33-27-18(2)32-23-11-6-5-10-22(23)28(27)34(26)17-20-9-7-8-19(13-20)16-31-30(38)21-14-24(35)29(37)25(36)15-21/h5-11,13-15,35-37H,3-4,12,16-17H2,1-2H3,(H,31,38). The summed E-state index contributed by atoms with van der Waals surface area (Å²) in [5.41, 5.74) is 5.91. The van der Waals surface area contributed by atoms with Crippen LogP contribution in [0.15, 0.2) is 60.7 Å². The first kappa shape index (κ1) is 25.1. The van der Waals surface area contributed by atoms with E-state index in [9.17, 15) is 20.1 Å². The summed E-state index contributed by atoms with van der Waals surface area (Å²) in [5, 5.41) is 32.8. The molecular formula is C30H30N4O4. The zero-order chi connectivity index (χ0) is 26.8. The van der Waals surface area contributed by atoms with E-state index in [2.05, 4.69) is 35.0 Å². The van der Waals surface area contributed by atoms with Crippen LogP contribution in [0, 0.1) is 6.92 Å². The molecule has 8 nitrogen and oxygen atoms in total. The quantitative estimate of drug-likeness (QED) is 0.209. The van der Waals surface area contributed by atoms with Gasteiger partial charge in [-0.05, 0) is 42.7 Å². The second-order valence-electron chi connectivity index (χ2n) is 9.50. The zero-order valence-corrected chi connectivity index (χ0v) is 21.4. The van der Waals surface area contributed by atoms with Crippen LogP contribution in [0.5, 0.6) is 17.2 Å². The number of unbranched alkanes of at least 4 members (excludes halogenated alkanes) is 1. The Labute approximate surface area is 220 Å². The minimum atomic E-state index is -0.654. The molecule has 2 heterocycles. The van der Waals surface area contributed by atoms with Crippen LogP contribution in [0.25, 0.3) is 21.9 Å². The number of aryl methyl sites for hydroxylation is 2. The summed E-state index contributed by atoms with van der Waals surface area (Å²) < 4.78 is 2.29. The van der Waals surface area contributed by atoms with Gasteiger partial charge in [-0.25, -0.2) is 4.98 Å². The summed E-state index contributed by atoms with van der Waals surface area (Å²) in [4.78, 5) is 22.4. The summed E-state index contributed by atoms with van der Waals surface area (Å²) >= 11 is 0. The molecule has 0 radical (unpaired) electrons. The molecule has 194 valence electrons. The molecule has 0 saturated heterocycles. The third kappa shape index (κ3) is 4.85. The predicted octanol–water partition coefficient (Wildman–Crippen LogP) is 5.33. The summed E-state index contributed by atoms with van der Waals surface area (Å²) in [7, 11) is 0. The van der Waals surface area contributed by atoms with Gasteiger partial charge in [-0.1, -0.05) is 55.8 Å². The van der Waals surface area contributed by atoms with E-state index in [4.69, 9.17) is 9.97 Å². The van der Waals surface area contributed by atoms with Gasteiger partial charge in [0.25, 0.3) is 5.91 Å². The summed E-state index contributed by atoms with van der Waals surface area (Å²) in [6.45, 7) is 5.07. The van der Waals surface area contributed by atoms with Gasteiger partial charge < -0.3 is 25.2 Å². The fourth-order valence-corrected chi connectivity index (χ4v) is 4.77. The Morgan fingerprint density at radius 1 is 0.947 bits per heavy atom. The van der Waals surface area contributed by atoms with E-state index in [0.717, 1.165) is 76.0 Å². The highest BCUT2D eigenvalue weighted by Gasteiger charge is 2.17. The van der Waals surface area contributed by atoms with E-state index >= 15 is 0 Å².